The highest BCUT2D eigenvalue weighted by Gasteiger charge is 2.31. The molecule has 0 atom stereocenters. The summed E-state index contributed by atoms with van der Waals surface area (Å²) in [6.07, 6.45) is -0.530. The van der Waals surface area contributed by atoms with Crippen molar-refractivity contribution in [2.24, 2.45) is 0 Å². The molecule has 2 aromatic rings. The first-order chi connectivity index (χ1) is 13.8. The Morgan fingerprint density at radius 1 is 1.14 bits per heavy atom. The number of unbranched alkanes of at least 4 members (excludes halogenated alkanes) is 3. The smallest absolute Gasteiger partial charge is 0.496 e. The zero-order chi connectivity index (χ0) is 21.4. The van der Waals surface area contributed by atoms with E-state index in [1.807, 2.05) is 0 Å². The van der Waals surface area contributed by atoms with Gasteiger partial charge in [0.25, 0.3) is 5.88 Å². The molecule has 0 aliphatic rings. The van der Waals surface area contributed by atoms with E-state index in [2.05, 4.69) is 42.9 Å². The van der Waals surface area contributed by atoms with Gasteiger partial charge in [0.05, 0.1) is 13.7 Å². The number of hydrogen-bond acceptors (Lipinski definition) is 6. The summed E-state index contributed by atoms with van der Waals surface area (Å²) >= 11 is 3.36. The largest absolute Gasteiger partial charge is 0.573 e. The second-order valence-electron chi connectivity index (χ2n) is 6.09. The topological polar surface area (TPSA) is 65.5 Å². The van der Waals surface area contributed by atoms with Gasteiger partial charge in [-0.25, -0.2) is 9.97 Å². The number of nitrogens with one attached hydrogen (secondary N) is 1. The number of benzene rings is 1. The number of methoxy groups -OCH3 is 1. The molecule has 160 valence electrons. The Morgan fingerprint density at radius 2 is 1.90 bits per heavy atom. The van der Waals surface area contributed by atoms with Crippen molar-refractivity contribution in [3.8, 4) is 28.6 Å². The lowest BCUT2D eigenvalue weighted by Crippen LogP contribution is -2.17. The fourth-order valence-electron chi connectivity index (χ4n) is 2.60. The Kier molecular flexibility index (Phi) is 8.36. The molecule has 10 heteroatoms. The Bertz CT molecular complexity index is 819. The fraction of sp³-hybridized carbons (Fsp3) is 0.474. The van der Waals surface area contributed by atoms with Crippen molar-refractivity contribution in [3.63, 3.8) is 0 Å². The van der Waals surface area contributed by atoms with Gasteiger partial charge < -0.3 is 19.5 Å². The number of nitrogens with zero attached hydrogens (tertiary/aromatic N) is 2. The second-order valence-corrected chi connectivity index (χ2v) is 6.84. The number of hydrogen-bond donors (Lipinski definition) is 1. The van der Waals surface area contributed by atoms with Crippen LogP contribution in [-0.2, 0) is 0 Å². The van der Waals surface area contributed by atoms with Gasteiger partial charge in [0.2, 0.25) is 0 Å². The first-order valence-electron chi connectivity index (χ1n) is 9.11. The quantitative estimate of drug-likeness (QED) is 0.435. The normalized spacial score (nSPS) is 11.3. The van der Waals surface area contributed by atoms with Crippen LogP contribution in [0.2, 0.25) is 0 Å². The van der Waals surface area contributed by atoms with Gasteiger partial charge in [-0.05, 0) is 34.5 Å². The summed E-state index contributed by atoms with van der Waals surface area (Å²) < 4.78 is 52.7. The van der Waals surface area contributed by atoms with Gasteiger partial charge in [0, 0.05) is 18.7 Å². The molecule has 0 aliphatic heterocycles. The molecule has 2 rings (SSSR count). The van der Waals surface area contributed by atoms with E-state index in [0.717, 1.165) is 31.7 Å². The van der Waals surface area contributed by atoms with Crippen LogP contribution < -0.4 is 19.5 Å². The highest BCUT2D eigenvalue weighted by atomic mass is 79.9. The van der Waals surface area contributed by atoms with Crippen LogP contribution in [0, 0.1) is 0 Å². The molecule has 6 nitrogen and oxygen atoms in total. The second kappa shape index (κ2) is 10.5. The van der Waals surface area contributed by atoms with Crippen molar-refractivity contribution in [1.29, 1.82) is 0 Å². The van der Waals surface area contributed by atoms with Gasteiger partial charge in [0.1, 0.15) is 21.8 Å². The van der Waals surface area contributed by atoms with Gasteiger partial charge in [-0.2, -0.15) is 0 Å². The van der Waals surface area contributed by atoms with Gasteiger partial charge in [-0.1, -0.05) is 26.2 Å². The molecule has 0 unspecified atom stereocenters. The fourth-order valence-corrected chi connectivity index (χ4v) is 3.06. The van der Waals surface area contributed by atoms with Gasteiger partial charge in [0.15, 0.2) is 5.82 Å². The number of aromatic nitrogens is 2. The third kappa shape index (κ3) is 6.66. The molecule has 0 saturated carbocycles. The lowest BCUT2D eigenvalue weighted by atomic mass is 10.1. The molecule has 0 fully saturated rings. The van der Waals surface area contributed by atoms with E-state index in [1.54, 1.807) is 7.05 Å². The molecule has 1 N–H and O–H groups in total. The van der Waals surface area contributed by atoms with E-state index in [4.69, 9.17) is 9.47 Å². The predicted molar refractivity (Wildman–Crippen MR) is 108 cm³/mol. The van der Waals surface area contributed by atoms with Crippen LogP contribution in [0.1, 0.15) is 32.6 Å². The van der Waals surface area contributed by atoms with Gasteiger partial charge in [-0.3, -0.25) is 0 Å². The first kappa shape index (κ1) is 23.1. The van der Waals surface area contributed by atoms with Crippen molar-refractivity contribution in [2.75, 3.05) is 26.1 Å². The standard InChI is InChI=1S/C19H23BrF3N3O3/c1-4-5-6-7-10-28-18-17(24-2)25-15(16(20)26-18)13-9-8-12(11-14(13)27-3)29-19(21,22)23/h8-9,11H,4-7,10H2,1-3H3,(H,24,25). The van der Waals surface area contributed by atoms with Crippen LogP contribution in [-0.4, -0.2) is 37.1 Å². The molecule has 0 spiro atoms. The minimum Gasteiger partial charge on any atom is -0.496 e. The highest BCUT2D eigenvalue weighted by molar-refractivity contribution is 9.10. The van der Waals surface area contributed by atoms with Crippen LogP contribution >= 0.6 is 15.9 Å². The molecule has 0 aliphatic carbocycles. The summed E-state index contributed by atoms with van der Waals surface area (Å²) in [7, 11) is 3.04. The summed E-state index contributed by atoms with van der Waals surface area (Å²) in [5, 5.41) is 2.93. The SMILES string of the molecule is CCCCCCOc1nc(Br)c(-c2ccc(OC(F)(F)F)cc2OC)nc1NC. The van der Waals surface area contributed by atoms with Gasteiger partial charge in [-0.15, -0.1) is 13.2 Å². The lowest BCUT2D eigenvalue weighted by Gasteiger charge is -2.15. The van der Waals surface area contributed by atoms with Gasteiger partial charge >= 0.3 is 6.36 Å². The van der Waals surface area contributed by atoms with Crippen molar-refractivity contribution in [1.82, 2.24) is 9.97 Å². The molecule has 0 saturated heterocycles. The Morgan fingerprint density at radius 3 is 2.52 bits per heavy atom. The Hall–Kier alpha value is -2.23. The zero-order valence-electron chi connectivity index (χ0n) is 16.4. The summed E-state index contributed by atoms with van der Waals surface area (Å²) in [4.78, 5) is 8.90. The van der Waals surface area contributed by atoms with E-state index in [1.165, 1.54) is 19.2 Å². The number of ether oxygens (including phenoxy) is 3. The molecular formula is C19H23BrF3N3O3. The highest BCUT2D eigenvalue weighted by Crippen LogP contribution is 2.38. The molecule has 1 aromatic heterocycles. The molecule has 0 amide bonds. The summed E-state index contributed by atoms with van der Waals surface area (Å²) in [6.45, 7) is 2.65. The zero-order valence-corrected chi connectivity index (χ0v) is 18.0. The third-order valence-corrected chi connectivity index (χ3v) is 4.51. The average Bonchev–Trinajstić information content (AvgIpc) is 2.67. The molecule has 1 heterocycles. The maximum absolute atomic E-state index is 12.5. The van der Waals surface area contributed by atoms with Crippen molar-refractivity contribution in [2.45, 2.75) is 39.0 Å². The van der Waals surface area contributed by atoms with Crippen molar-refractivity contribution >= 4 is 21.7 Å². The summed E-state index contributed by atoms with van der Waals surface area (Å²) in [5.74, 6) is 0.534. The van der Waals surface area contributed by atoms with Crippen LogP contribution in [0.25, 0.3) is 11.3 Å². The van der Waals surface area contributed by atoms with Crippen LogP contribution in [0.5, 0.6) is 17.4 Å². The lowest BCUT2D eigenvalue weighted by molar-refractivity contribution is -0.274. The monoisotopic (exact) mass is 477 g/mol. The Labute approximate surface area is 175 Å². The molecule has 1 aromatic carbocycles. The Balaban J connectivity index is 2.30. The van der Waals surface area contributed by atoms with E-state index in [0.29, 0.717) is 34.2 Å². The van der Waals surface area contributed by atoms with E-state index >= 15 is 0 Å². The summed E-state index contributed by atoms with van der Waals surface area (Å²) in [5.41, 5.74) is 0.843. The average molecular weight is 478 g/mol. The third-order valence-electron chi connectivity index (χ3n) is 3.96. The first-order valence-corrected chi connectivity index (χ1v) is 9.90. The van der Waals surface area contributed by atoms with Crippen LogP contribution in [0.4, 0.5) is 19.0 Å². The molecule has 0 bridgehead atoms. The number of rotatable bonds is 10. The number of alkyl halides is 3. The van der Waals surface area contributed by atoms with Crippen LogP contribution in [0.3, 0.4) is 0 Å². The van der Waals surface area contributed by atoms with Crippen molar-refractivity contribution < 1.29 is 27.4 Å². The van der Waals surface area contributed by atoms with E-state index in [9.17, 15) is 13.2 Å². The maximum atomic E-state index is 12.5. The minimum absolute atomic E-state index is 0.164. The van der Waals surface area contributed by atoms with E-state index < -0.39 is 6.36 Å². The summed E-state index contributed by atoms with van der Waals surface area (Å²) in [6, 6.07) is 3.77. The van der Waals surface area contributed by atoms with Crippen LogP contribution in [0.15, 0.2) is 22.8 Å². The van der Waals surface area contributed by atoms with E-state index in [-0.39, 0.29) is 11.5 Å². The number of halogens is 4. The predicted octanol–water partition coefficient (Wildman–Crippen LogP) is 5.81. The minimum atomic E-state index is -4.79. The maximum Gasteiger partial charge on any atom is 0.573 e. The molecule has 0 radical (unpaired) electrons. The molecular weight excluding hydrogens is 455 g/mol. The van der Waals surface area contributed by atoms with Crippen molar-refractivity contribution in [3.05, 3.63) is 22.8 Å². The molecule has 29 heavy (non-hydrogen) atoms. The number of anilines is 1.